The van der Waals surface area contributed by atoms with E-state index in [1.54, 1.807) is 25.8 Å². The standard InChI is InChI=1S/C21H26N6O3S/c1-30-12-6-18(28)17(13-16-5-2-3-7-23-16)26-21-25-14-19(31-21)20(29)24-8-4-10-27-11-9-22-15-27/h2-3,5,7,9,11,14-15,17H,4,6,8,10,12-13H2,1H3,(H,24,29)(H,25,26). The lowest BCUT2D eigenvalue weighted by Gasteiger charge is -2.16. The van der Waals surface area contributed by atoms with Gasteiger partial charge in [0.2, 0.25) is 0 Å². The van der Waals surface area contributed by atoms with Crippen molar-refractivity contribution < 1.29 is 14.3 Å². The molecule has 0 spiro atoms. The van der Waals surface area contributed by atoms with E-state index < -0.39 is 6.04 Å². The summed E-state index contributed by atoms with van der Waals surface area (Å²) in [7, 11) is 1.57. The molecule has 1 unspecified atom stereocenters. The van der Waals surface area contributed by atoms with Crippen LogP contribution in [0.15, 0.2) is 49.3 Å². The van der Waals surface area contributed by atoms with Crippen LogP contribution in [0.5, 0.6) is 0 Å². The van der Waals surface area contributed by atoms with Crippen LogP contribution in [0.1, 0.15) is 28.2 Å². The van der Waals surface area contributed by atoms with E-state index >= 15 is 0 Å². The zero-order valence-electron chi connectivity index (χ0n) is 17.4. The number of ether oxygens (including phenoxy) is 1. The molecule has 10 heteroatoms. The minimum absolute atomic E-state index is 0.00760. The lowest BCUT2D eigenvalue weighted by atomic mass is 10.0. The van der Waals surface area contributed by atoms with Crippen LogP contribution in [0.25, 0.3) is 0 Å². The maximum Gasteiger partial charge on any atom is 0.263 e. The molecule has 3 aromatic rings. The molecule has 1 amide bonds. The van der Waals surface area contributed by atoms with Gasteiger partial charge in [0, 0.05) is 57.3 Å². The first-order valence-electron chi connectivity index (χ1n) is 10.0. The Bertz CT molecular complexity index is 945. The van der Waals surface area contributed by atoms with Crippen molar-refractivity contribution in [1.29, 1.82) is 0 Å². The van der Waals surface area contributed by atoms with Gasteiger partial charge < -0.3 is 19.9 Å². The van der Waals surface area contributed by atoms with E-state index in [-0.39, 0.29) is 18.1 Å². The number of methoxy groups -OCH3 is 1. The van der Waals surface area contributed by atoms with Gasteiger partial charge in [-0.05, 0) is 18.6 Å². The van der Waals surface area contributed by atoms with Gasteiger partial charge in [0.15, 0.2) is 10.9 Å². The number of pyridine rings is 1. The van der Waals surface area contributed by atoms with Crippen LogP contribution in [0.3, 0.4) is 0 Å². The highest BCUT2D eigenvalue weighted by molar-refractivity contribution is 7.17. The smallest absolute Gasteiger partial charge is 0.263 e. The van der Waals surface area contributed by atoms with Gasteiger partial charge >= 0.3 is 0 Å². The van der Waals surface area contributed by atoms with Crippen LogP contribution in [-0.2, 0) is 22.5 Å². The van der Waals surface area contributed by atoms with Crippen molar-refractivity contribution in [1.82, 2.24) is 24.8 Å². The fourth-order valence-electron chi connectivity index (χ4n) is 2.91. The van der Waals surface area contributed by atoms with Crippen LogP contribution in [0.4, 0.5) is 5.13 Å². The molecule has 31 heavy (non-hydrogen) atoms. The minimum Gasteiger partial charge on any atom is -0.384 e. The largest absolute Gasteiger partial charge is 0.384 e. The van der Waals surface area contributed by atoms with Gasteiger partial charge in [-0.15, -0.1) is 0 Å². The number of amides is 1. The van der Waals surface area contributed by atoms with Crippen molar-refractivity contribution in [3.63, 3.8) is 0 Å². The minimum atomic E-state index is -0.498. The number of hydrogen-bond acceptors (Lipinski definition) is 8. The molecule has 0 aliphatic carbocycles. The molecule has 164 valence electrons. The summed E-state index contributed by atoms with van der Waals surface area (Å²) >= 11 is 1.22. The summed E-state index contributed by atoms with van der Waals surface area (Å²) in [6.45, 7) is 1.69. The maximum atomic E-state index is 12.6. The van der Waals surface area contributed by atoms with Gasteiger partial charge in [0.25, 0.3) is 5.91 Å². The van der Waals surface area contributed by atoms with Crippen LogP contribution >= 0.6 is 11.3 Å². The zero-order chi connectivity index (χ0) is 21.9. The second kappa shape index (κ2) is 11.9. The topological polar surface area (TPSA) is 111 Å². The molecule has 0 aliphatic heterocycles. The molecule has 0 bridgehead atoms. The molecule has 3 aromatic heterocycles. The Morgan fingerprint density at radius 2 is 2.16 bits per heavy atom. The van der Waals surface area contributed by atoms with Gasteiger partial charge in [-0.2, -0.15) is 0 Å². The van der Waals surface area contributed by atoms with Gasteiger partial charge in [-0.1, -0.05) is 17.4 Å². The number of Topliss-reactive ketones (excluding diaryl/α,β-unsaturated/α-hetero) is 1. The van der Waals surface area contributed by atoms with Crippen LogP contribution in [-0.4, -0.2) is 57.5 Å². The predicted octanol–water partition coefficient (Wildman–Crippen LogP) is 2.18. The number of rotatable bonds is 13. The number of carbonyl (C=O) groups is 2. The number of imidazole rings is 1. The zero-order valence-corrected chi connectivity index (χ0v) is 18.2. The number of ketones is 1. The Labute approximate surface area is 184 Å². The third kappa shape index (κ3) is 7.26. The first kappa shape index (κ1) is 22.6. The fraction of sp³-hybridized carbons (Fsp3) is 0.381. The van der Waals surface area contributed by atoms with Crippen LogP contribution < -0.4 is 10.6 Å². The van der Waals surface area contributed by atoms with Gasteiger partial charge in [-0.25, -0.2) is 9.97 Å². The fourth-order valence-corrected chi connectivity index (χ4v) is 3.70. The van der Waals surface area contributed by atoms with Gasteiger partial charge in [0.05, 0.1) is 25.2 Å². The molecular formula is C21H26N6O3S. The highest BCUT2D eigenvalue weighted by atomic mass is 32.1. The van der Waals surface area contributed by atoms with Crippen molar-refractivity contribution in [2.75, 3.05) is 25.6 Å². The first-order chi connectivity index (χ1) is 15.2. The van der Waals surface area contributed by atoms with Crippen molar-refractivity contribution >= 4 is 28.2 Å². The molecular weight excluding hydrogens is 416 g/mol. The van der Waals surface area contributed by atoms with Crippen LogP contribution in [0.2, 0.25) is 0 Å². The predicted molar refractivity (Wildman–Crippen MR) is 118 cm³/mol. The molecule has 2 N–H and O–H groups in total. The van der Waals surface area contributed by atoms with E-state index in [9.17, 15) is 9.59 Å². The first-order valence-corrected chi connectivity index (χ1v) is 10.8. The molecule has 1 atom stereocenters. The van der Waals surface area contributed by atoms with Crippen molar-refractivity contribution in [3.05, 3.63) is 59.9 Å². The summed E-state index contributed by atoms with van der Waals surface area (Å²) < 4.78 is 7.00. The van der Waals surface area contributed by atoms with Crippen molar-refractivity contribution in [2.45, 2.75) is 31.8 Å². The maximum absolute atomic E-state index is 12.6. The molecule has 9 nitrogen and oxygen atoms in total. The Morgan fingerprint density at radius 1 is 1.26 bits per heavy atom. The highest BCUT2D eigenvalue weighted by Crippen LogP contribution is 2.20. The van der Waals surface area contributed by atoms with E-state index in [4.69, 9.17) is 4.74 Å². The third-order valence-electron chi connectivity index (χ3n) is 4.55. The van der Waals surface area contributed by atoms with E-state index in [1.807, 2.05) is 29.0 Å². The molecule has 3 rings (SSSR count). The van der Waals surface area contributed by atoms with Crippen LogP contribution in [0, 0.1) is 0 Å². The molecule has 0 aliphatic rings. The second-order valence-corrected chi connectivity index (χ2v) is 7.90. The van der Waals surface area contributed by atoms with Crippen molar-refractivity contribution in [2.24, 2.45) is 0 Å². The number of aromatic nitrogens is 4. The molecule has 0 fully saturated rings. The highest BCUT2D eigenvalue weighted by Gasteiger charge is 2.21. The number of aryl methyl sites for hydroxylation is 1. The summed E-state index contributed by atoms with van der Waals surface area (Å²) in [5, 5.41) is 6.59. The normalized spacial score (nSPS) is 11.8. The Kier molecular flexibility index (Phi) is 8.68. The number of anilines is 1. The molecule has 0 saturated carbocycles. The van der Waals surface area contributed by atoms with E-state index in [1.165, 1.54) is 17.5 Å². The number of hydrogen-bond donors (Lipinski definition) is 2. The quantitative estimate of drug-likeness (QED) is 0.390. The Morgan fingerprint density at radius 3 is 2.90 bits per heavy atom. The summed E-state index contributed by atoms with van der Waals surface area (Å²) in [6.07, 6.45) is 10.1. The lowest BCUT2D eigenvalue weighted by Crippen LogP contribution is -2.32. The summed E-state index contributed by atoms with van der Waals surface area (Å²) in [5.74, 6) is -0.170. The Balaban J connectivity index is 1.54. The number of carbonyl (C=O) groups excluding carboxylic acids is 2. The van der Waals surface area contributed by atoms with Gasteiger partial charge in [0.1, 0.15) is 4.88 Å². The molecule has 0 radical (unpaired) electrons. The van der Waals surface area contributed by atoms with E-state index in [0.29, 0.717) is 29.6 Å². The Hall–Kier alpha value is -3.11. The molecule has 3 heterocycles. The number of nitrogens with zero attached hydrogens (tertiary/aromatic N) is 4. The second-order valence-electron chi connectivity index (χ2n) is 6.87. The average Bonchev–Trinajstić information content (AvgIpc) is 3.47. The average molecular weight is 443 g/mol. The summed E-state index contributed by atoms with van der Waals surface area (Å²) in [5.41, 5.74) is 0.804. The van der Waals surface area contributed by atoms with Gasteiger partial charge in [-0.3, -0.25) is 14.6 Å². The van der Waals surface area contributed by atoms with E-state index in [2.05, 4.69) is 25.6 Å². The molecule has 0 aromatic carbocycles. The third-order valence-corrected chi connectivity index (χ3v) is 5.47. The number of thiazole rings is 1. The summed E-state index contributed by atoms with van der Waals surface area (Å²) in [6, 6.07) is 5.10. The van der Waals surface area contributed by atoms with E-state index in [0.717, 1.165) is 18.7 Å². The monoisotopic (exact) mass is 442 g/mol. The SMILES string of the molecule is COCCC(=O)C(Cc1ccccn1)Nc1ncc(C(=O)NCCCn2ccnc2)s1. The number of nitrogens with one attached hydrogen (secondary N) is 2. The lowest BCUT2D eigenvalue weighted by molar-refractivity contribution is -0.120. The molecule has 0 saturated heterocycles. The van der Waals surface area contributed by atoms with Crippen molar-refractivity contribution in [3.8, 4) is 0 Å². The summed E-state index contributed by atoms with van der Waals surface area (Å²) in [4.78, 5) is 38.1.